The standard InChI is InChI=1S/C15H26O.2ClH.Mg/c1-6-15(5,16)12-8-11-14(4)10-7-9-13(2)3;;;/h6,9,11,16H,1,7-8,10,12H2,2-5H3;2*1H;/q;;;+2/p-2. The smallest absolute Gasteiger partial charge is 1.00 e. The maximum atomic E-state index is 9.73. The summed E-state index contributed by atoms with van der Waals surface area (Å²) in [6, 6.07) is 0. The Morgan fingerprint density at radius 2 is 1.63 bits per heavy atom. The van der Waals surface area contributed by atoms with Gasteiger partial charge in [0.25, 0.3) is 0 Å². The maximum Gasteiger partial charge on any atom is 2.00 e. The van der Waals surface area contributed by atoms with Crippen molar-refractivity contribution in [3.63, 3.8) is 0 Å². The van der Waals surface area contributed by atoms with Gasteiger partial charge in [-0.15, -0.1) is 6.58 Å². The van der Waals surface area contributed by atoms with Crippen LogP contribution in [0.15, 0.2) is 36.0 Å². The largest absolute Gasteiger partial charge is 2.00 e. The van der Waals surface area contributed by atoms with Crippen molar-refractivity contribution in [2.45, 2.75) is 59.0 Å². The SMILES string of the molecule is C=CC(C)(O)CCC=C(C)CCC=C(C)C.[Cl-].[Cl-].[Mg+2]. The van der Waals surface area contributed by atoms with E-state index in [4.69, 9.17) is 0 Å². The first kappa shape index (κ1) is 27.8. The molecule has 1 nitrogen and oxygen atoms in total. The van der Waals surface area contributed by atoms with Crippen LogP contribution in [0.3, 0.4) is 0 Å². The molecule has 1 atom stereocenters. The van der Waals surface area contributed by atoms with Crippen LogP contribution in [0.2, 0.25) is 0 Å². The first-order valence-electron chi connectivity index (χ1n) is 6.02. The molecule has 0 aromatic rings. The van der Waals surface area contributed by atoms with Crippen LogP contribution in [0, 0.1) is 0 Å². The van der Waals surface area contributed by atoms with Crippen LogP contribution < -0.4 is 24.8 Å². The fourth-order valence-corrected chi connectivity index (χ4v) is 1.40. The summed E-state index contributed by atoms with van der Waals surface area (Å²) >= 11 is 0. The summed E-state index contributed by atoms with van der Waals surface area (Å²) in [6.07, 6.45) is 9.98. The van der Waals surface area contributed by atoms with Crippen molar-refractivity contribution in [3.8, 4) is 0 Å². The molecule has 0 saturated heterocycles. The Kier molecular flexibility index (Phi) is 21.8. The minimum atomic E-state index is -0.726. The maximum absolute atomic E-state index is 9.73. The quantitative estimate of drug-likeness (QED) is 0.426. The molecule has 0 heterocycles. The van der Waals surface area contributed by atoms with Crippen LogP contribution >= 0.6 is 0 Å². The van der Waals surface area contributed by atoms with Gasteiger partial charge in [0.1, 0.15) is 0 Å². The van der Waals surface area contributed by atoms with E-state index < -0.39 is 5.60 Å². The van der Waals surface area contributed by atoms with Crippen LogP contribution in [0.1, 0.15) is 53.4 Å². The number of aliphatic hydroxyl groups is 1. The minimum absolute atomic E-state index is 0. The Morgan fingerprint density at radius 3 is 2.05 bits per heavy atom. The first-order valence-corrected chi connectivity index (χ1v) is 6.02. The molecule has 0 aliphatic rings. The molecular formula is C15H26Cl2MgO. The third-order valence-corrected chi connectivity index (χ3v) is 2.67. The van der Waals surface area contributed by atoms with Crippen molar-refractivity contribution in [1.82, 2.24) is 0 Å². The van der Waals surface area contributed by atoms with Crippen molar-refractivity contribution in [2.75, 3.05) is 0 Å². The number of halogens is 2. The topological polar surface area (TPSA) is 20.2 Å². The van der Waals surface area contributed by atoms with E-state index in [0.29, 0.717) is 0 Å². The molecule has 0 saturated carbocycles. The molecule has 0 aromatic carbocycles. The minimum Gasteiger partial charge on any atom is -1.00 e. The number of rotatable bonds is 7. The van der Waals surface area contributed by atoms with Crippen molar-refractivity contribution in [2.24, 2.45) is 0 Å². The van der Waals surface area contributed by atoms with E-state index in [9.17, 15) is 5.11 Å². The summed E-state index contributed by atoms with van der Waals surface area (Å²) in [7, 11) is 0. The van der Waals surface area contributed by atoms with Crippen LogP contribution in [0.5, 0.6) is 0 Å². The molecule has 108 valence electrons. The molecule has 19 heavy (non-hydrogen) atoms. The third-order valence-electron chi connectivity index (χ3n) is 2.67. The zero-order chi connectivity index (χ0) is 12.6. The Labute approximate surface area is 147 Å². The Morgan fingerprint density at radius 1 is 1.11 bits per heavy atom. The van der Waals surface area contributed by atoms with Gasteiger partial charge in [-0.2, -0.15) is 0 Å². The summed E-state index contributed by atoms with van der Waals surface area (Å²) in [5.41, 5.74) is 2.05. The number of hydrogen-bond acceptors (Lipinski definition) is 1. The van der Waals surface area contributed by atoms with Gasteiger partial charge in [-0.25, -0.2) is 0 Å². The van der Waals surface area contributed by atoms with Crippen molar-refractivity contribution in [3.05, 3.63) is 36.0 Å². The predicted molar refractivity (Wildman–Crippen MR) is 78.2 cm³/mol. The van der Waals surface area contributed by atoms with Crippen molar-refractivity contribution >= 4 is 23.1 Å². The fraction of sp³-hybridized carbons (Fsp3) is 0.600. The molecule has 0 bridgehead atoms. The summed E-state index contributed by atoms with van der Waals surface area (Å²) in [5, 5.41) is 9.73. The predicted octanol–water partition coefficient (Wildman–Crippen LogP) is -1.98. The molecule has 4 heteroatoms. The Bertz CT molecular complexity index is 280. The second-order valence-electron chi connectivity index (χ2n) is 4.97. The van der Waals surface area contributed by atoms with Gasteiger partial charge >= 0.3 is 23.1 Å². The van der Waals surface area contributed by atoms with E-state index in [2.05, 4.69) is 39.5 Å². The van der Waals surface area contributed by atoms with E-state index in [0.717, 1.165) is 25.7 Å². The van der Waals surface area contributed by atoms with Gasteiger partial charge < -0.3 is 29.9 Å². The average molecular weight is 318 g/mol. The van der Waals surface area contributed by atoms with E-state index in [-0.39, 0.29) is 47.9 Å². The second kappa shape index (κ2) is 14.9. The second-order valence-corrected chi connectivity index (χ2v) is 4.97. The van der Waals surface area contributed by atoms with Gasteiger partial charge in [0.2, 0.25) is 0 Å². The molecule has 0 aromatic heterocycles. The molecule has 0 aliphatic heterocycles. The molecule has 0 radical (unpaired) electrons. The zero-order valence-electron chi connectivity index (χ0n) is 12.7. The van der Waals surface area contributed by atoms with E-state index in [1.807, 2.05) is 0 Å². The Balaban J connectivity index is -0.000000375. The van der Waals surface area contributed by atoms with E-state index >= 15 is 0 Å². The normalized spacial score (nSPS) is 13.0. The van der Waals surface area contributed by atoms with Gasteiger partial charge in [0.15, 0.2) is 0 Å². The molecule has 0 fully saturated rings. The van der Waals surface area contributed by atoms with Crippen LogP contribution in [0.4, 0.5) is 0 Å². The molecule has 1 N–H and O–H groups in total. The molecule has 0 rings (SSSR count). The molecule has 0 aliphatic carbocycles. The number of allylic oxidation sites excluding steroid dienone is 4. The summed E-state index contributed by atoms with van der Waals surface area (Å²) in [4.78, 5) is 0. The Hall–Kier alpha value is 0.526. The monoisotopic (exact) mass is 316 g/mol. The van der Waals surface area contributed by atoms with Crippen molar-refractivity contribution in [1.29, 1.82) is 0 Å². The van der Waals surface area contributed by atoms with Gasteiger partial charge in [0, 0.05) is 0 Å². The molecule has 0 spiro atoms. The first-order chi connectivity index (χ1) is 7.37. The molecule has 0 amide bonds. The van der Waals surface area contributed by atoms with Gasteiger partial charge in [-0.05, 0) is 53.4 Å². The average Bonchev–Trinajstić information content (AvgIpc) is 2.17. The van der Waals surface area contributed by atoms with E-state index in [1.165, 1.54) is 11.1 Å². The number of hydrogen-bond donors (Lipinski definition) is 1. The van der Waals surface area contributed by atoms with Crippen molar-refractivity contribution < 1.29 is 29.9 Å². The molecular weight excluding hydrogens is 291 g/mol. The van der Waals surface area contributed by atoms with E-state index in [1.54, 1.807) is 13.0 Å². The fourth-order valence-electron chi connectivity index (χ4n) is 1.40. The summed E-state index contributed by atoms with van der Waals surface area (Å²) in [6.45, 7) is 11.8. The zero-order valence-corrected chi connectivity index (χ0v) is 15.6. The summed E-state index contributed by atoms with van der Waals surface area (Å²) in [5.74, 6) is 0. The third kappa shape index (κ3) is 18.5. The van der Waals surface area contributed by atoms with Crippen LogP contribution in [-0.4, -0.2) is 33.8 Å². The van der Waals surface area contributed by atoms with Crippen LogP contribution in [0.25, 0.3) is 0 Å². The van der Waals surface area contributed by atoms with Gasteiger partial charge in [-0.1, -0.05) is 29.4 Å². The molecule has 1 unspecified atom stereocenters. The van der Waals surface area contributed by atoms with Crippen LogP contribution in [-0.2, 0) is 0 Å². The summed E-state index contributed by atoms with van der Waals surface area (Å²) < 4.78 is 0. The van der Waals surface area contributed by atoms with Gasteiger partial charge in [-0.3, -0.25) is 0 Å². The van der Waals surface area contributed by atoms with Gasteiger partial charge in [0.05, 0.1) is 5.60 Å².